The Balaban J connectivity index is 2.82. The summed E-state index contributed by atoms with van der Waals surface area (Å²) in [5.41, 5.74) is 0.0885. The number of methoxy groups -OCH3 is 1. The first-order chi connectivity index (χ1) is 8.62. The molecule has 1 unspecified atom stereocenters. The van der Waals surface area contributed by atoms with Crippen molar-refractivity contribution in [1.82, 2.24) is 15.3 Å². The number of halogens is 1. The van der Waals surface area contributed by atoms with Crippen LogP contribution < -0.4 is 5.32 Å². The fourth-order valence-electron chi connectivity index (χ4n) is 1.20. The molecule has 1 atom stereocenters. The third-order valence-corrected chi connectivity index (χ3v) is 2.88. The molecule has 0 saturated heterocycles. The lowest BCUT2D eigenvalue weighted by Gasteiger charge is -2.15. The zero-order chi connectivity index (χ0) is 13.5. The minimum absolute atomic E-state index is 0.0885. The minimum Gasteiger partial charge on any atom is -0.394 e. The molecule has 0 bridgehead atoms. The van der Waals surface area contributed by atoms with Crippen LogP contribution in [0.2, 0.25) is 5.02 Å². The average molecular weight is 292 g/mol. The normalized spacial score (nSPS) is 12.2. The third-order valence-electron chi connectivity index (χ3n) is 2.04. The fraction of sp³-hybridized carbons (Fsp3) is 0.500. The van der Waals surface area contributed by atoms with Gasteiger partial charge in [0, 0.05) is 7.11 Å². The summed E-state index contributed by atoms with van der Waals surface area (Å²) in [6.45, 7) is -0.0159. The number of aliphatic hydroxyl groups excluding tert-OH is 1. The third kappa shape index (κ3) is 4.09. The van der Waals surface area contributed by atoms with Crippen molar-refractivity contribution in [3.8, 4) is 0 Å². The van der Waals surface area contributed by atoms with Crippen molar-refractivity contribution in [2.24, 2.45) is 0 Å². The van der Waals surface area contributed by atoms with Gasteiger partial charge in [0.25, 0.3) is 5.91 Å². The number of thioether (sulfide) groups is 1. The number of aliphatic hydroxyl groups is 1. The highest BCUT2D eigenvalue weighted by atomic mass is 35.5. The fourth-order valence-corrected chi connectivity index (χ4v) is 1.72. The Morgan fingerprint density at radius 2 is 2.44 bits per heavy atom. The number of hydrogen-bond acceptors (Lipinski definition) is 6. The minimum atomic E-state index is -0.494. The number of ether oxygens (including phenoxy) is 1. The van der Waals surface area contributed by atoms with Crippen LogP contribution in [0.4, 0.5) is 0 Å². The summed E-state index contributed by atoms with van der Waals surface area (Å²) in [6.07, 6.45) is 3.17. The van der Waals surface area contributed by atoms with Crippen molar-refractivity contribution in [3.63, 3.8) is 0 Å². The van der Waals surface area contributed by atoms with Gasteiger partial charge in [0.05, 0.1) is 30.5 Å². The molecule has 1 amide bonds. The molecular formula is C10H14ClN3O3S. The Labute approximate surface area is 114 Å². The number of carbonyl (C=O) groups is 1. The van der Waals surface area contributed by atoms with E-state index >= 15 is 0 Å². The number of aromatic nitrogens is 2. The highest BCUT2D eigenvalue weighted by Crippen LogP contribution is 2.16. The van der Waals surface area contributed by atoms with E-state index in [0.717, 1.165) is 0 Å². The molecule has 1 aromatic rings. The zero-order valence-electron chi connectivity index (χ0n) is 10.0. The second-order valence-electron chi connectivity index (χ2n) is 3.36. The van der Waals surface area contributed by atoms with E-state index in [-0.39, 0.29) is 23.9 Å². The molecule has 0 fully saturated rings. The summed E-state index contributed by atoms with van der Waals surface area (Å²) in [5, 5.41) is 12.3. The quantitative estimate of drug-likeness (QED) is 0.589. The number of rotatable bonds is 6. The lowest BCUT2D eigenvalue weighted by molar-refractivity contribution is 0.0834. The molecule has 1 aromatic heterocycles. The summed E-state index contributed by atoms with van der Waals surface area (Å²) in [4.78, 5) is 19.9. The predicted octanol–water partition coefficient (Wildman–Crippen LogP) is 0.589. The van der Waals surface area contributed by atoms with Crippen LogP contribution in [0.3, 0.4) is 0 Å². The molecule has 0 aliphatic carbocycles. The van der Waals surface area contributed by atoms with Crippen LogP contribution in [0.5, 0.6) is 0 Å². The number of nitrogens with zero attached hydrogens (tertiary/aromatic N) is 2. The van der Waals surface area contributed by atoms with Gasteiger partial charge in [-0.2, -0.15) is 0 Å². The summed E-state index contributed by atoms with van der Waals surface area (Å²) >= 11 is 7.17. The van der Waals surface area contributed by atoms with Crippen LogP contribution in [-0.2, 0) is 4.74 Å². The number of amides is 1. The van der Waals surface area contributed by atoms with E-state index in [0.29, 0.717) is 5.16 Å². The molecular weight excluding hydrogens is 278 g/mol. The molecule has 0 aliphatic heterocycles. The molecule has 1 heterocycles. The molecule has 0 saturated carbocycles. The van der Waals surface area contributed by atoms with E-state index in [9.17, 15) is 4.79 Å². The van der Waals surface area contributed by atoms with Crippen LogP contribution in [0.1, 0.15) is 10.5 Å². The lowest BCUT2D eigenvalue weighted by atomic mass is 10.3. The monoisotopic (exact) mass is 291 g/mol. The van der Waals surface area contributed by atoms with Crippen LogP contribution in [0.15, 0.2) is 11.4 Å². The molecule has 0 aliphatic rings. The summed E-state index contributed by atoms with van der Waals surface area (Å²) in [5.74, 6) is -0.464. The summed E-state index contributed by atoms with van der Waals surface area (Å²) < 4.78 is 4.86. The van der Waals surface area contributed by atoms with E-state index in [1.807, 2.05) is 0 Å². The smallest absolute Gasteiger partial charge is 0.271 e. The van der Waals surface area contributed by atoms with Gasteiger partial charge in [0.1, 0.15) is 0 Å². The SMILES string of the molecule is COCC(CO)NC(=O)c1nc(SC)ncc1Cl. The zero-order valence-corrected chi connectivity index (χ0v) is 11.6. The number of nitrogens with one attached hydrogen (secondary N) is 1. The maximum Gasteiger partial charge on any atom is 0.271 e. The Hall–Kier alpha value is -0.890. The van der Waals surface area contributed by atoms with Gasteiger partial charge in [-0.3, -0.25) is 4.79 Å². The van der Waals surface area contributed by atoms with Crippen molar-refractivity contribution < 1.29 is 14.6 Å². The molecule has 1 rings (SSSR count). The van der Waals surface area contributed by atoms with Crippen LogP contribution in [0.25, 0.3) is 0 Å². The Kier molecular flexibility index (Phi) is 6.34. The second-order valence-corrected chi connectivity index (χ2v) is 4.54. The maximum absolute atomic E-state index is 11.9. The van der Waals surface area contributed by atoms with Gasteiger partial charge in [-0.05, 0) is 6.26 Å². The van der Waals surface area contributed by atoms with Gasteiger partial charge in [0.2, 0.25) is 0 Å². The first-order valence-corrected chi connectivity index (χ1v) is 6.69. The van der Waals surface area contributed by atoms with E-state index in [2.05, 4.69) is 15.3 Å². The molecule has 18 heavy (non-hydrogen) atoms. The van der Waals surface area contributed by atoms with E-state index < -0.39 is 11.9 Å². The van der Waals surface area contributed by atoms with Crippen molar-refractivity contribution in [2.45, 2.75) is 11.2 Å². The van der Waals surface area contributed by atoms with Crippen molar-refractivity contribution in [3.05, 3.63) is 16.9 Å². The lowest BCUT2D eigenvalue weighted by Crippen LogP contribution is -2.41. The van der Waals surface area contributed by atoms with Gasteiger partial charge >= 0.3 is 0 Å². The molecule has 0 aromatic carbocycles. The molecule has 0 spiro atoms. The average Bonchev–Trinajstić information content (AvgIpc) is 2.38. The second kappa shape index (κ2) is 7.52. The van der Waals surface area contributed by atoms with Crippen LogP contribution >= 0.6 is 23.4 Å². The maximum atomic E-state index is 11.9. The first kappa shape index (κ1) is 15.2. The highest BCUT2D eigenvalue weighted by Gasteiger charge is 2.17. The van der Waals surface area contributed by atoms with Gasteiger partial charge in [-0.1, -0.05) is 23.4 Å². The molecule has 0 radical (unpaired) electrons. The topological polar surface area (TPSA) is 84.3 Å². The van der Waals surface area contributed by atoms with Gasteiger partial charge in [0.15, 0.2) is 10.9 Å². The van der Waals surface area contributed by atoms with Gasteiger partial charge in [-0.15, -0.1) is 0 Å². The number of hydrogen-bond donors (Lipinski definition) is 2. The van der Waals surface area contributed by atoms with Crippen molar-refractivity contribution in [1.29, 1.82) is 0 Å². The molecule has 8 heteroatoms. The van der Waals surface area contributed by atoms with Gasteiger partial charge in [-0.25, -0.2) is 9.97 Å². The van der Waals surface area contributed by atoms with Crippen molar-refractivity contribution >= 4 is 29.3 Å². The largest absolute Gasteiger partial charge is 0.394 e. The molecule has 2 N–H and O–H groups in total. The summed E-state index contributed by atoms with van der Waals surface area (Å²) in [6, 6.07) is -0.494. The van der Waals surface area contributed by atoms with E-state index in [1.165, 1.54) is 25.1 Å². The Bertz CT molecular complexity index is 419. The standard InChI is InChI=1S/C10H14ClN3O3S/c1-17-5-6(4-15)13-9(16)8-7(11)3-12-10(14-8)18-2/h3,6,15H,4-5H2,1-2H3,(H,13,16). The Morgan fingerprint density at radius 3 is 3.00 bits per heavy atom. The Morgan fingerprint density at radius 1 is 1.72 bits per heavy atom. The predicted molar refractivity (Wildman–Crippen MR) is 69.0 cm³/mol. The van der Waals surface area contributed by atoms with Crippen LogP contribution in [0, 0.1) is 0 Å². The molecule has 100 valence electrons. The molecule has 6 nitrogen and oxygen atoms in total. The van der Waals surface area contributed by atoms with E-state index in [1.54, 1.807) is 6.26 Å². The highest BCUT2D eigenvalue weighted by molar-refractivity contribution is 7.98. The van der Waals surface area contributed by atoms with Crippen molar-refractivity contribution in [2.75, 3.05) is 26.6 Å². The first-order valence-electron chi connectivity index (χ1n) is 5.09. The van der Waals surface area contributed by atoms with Crippen LogP contribution in [-0.4, -0.2) is 53.6 Å². The summed E-state index contributed by atoms with van der Waals surface area (Å²) in [7, 11) is 1.48. The van der Waals surface area contributed by atoms with Gasteiger partial charge < -0.3 is 15.2 Å². The number of carbonyl (C=O) groups excluding carboxylic acids is 1. The van der Waals surface area contributed by atoms with E-state index in [4.69, 9.17) is 21.4 Å².